The number of aryl methyl sites for hydroxylation is 1. The molecule has 1 N–H and O–H groups in total. The van der Waals surface area contributed by atoms with E-state index in [0.29, 0.717) is 11.4 Å². The molecule has 0 aromatic heterocycles. The molecular formula is C11H13N3O. The van der Waals surface area contributed by atoms with Gasteiger partial charge in [-0.15, -0.1) is 0 Å². The first-order valence-corrected chi connectivity index (χ1v) is 4.94. The molecule has 0 unspecified atom stereocenters. The normalized spacial score (nSPS) is 11.2. The summed E-state index contributed by atoms with van der Waals surface area (Å²) in [6.45, 7) is 5.83. The van der Waals surface area contributed by atoms with Crippen molar-refractivity contribution in [2.24, 2.45) is 0 Å². The number of H-pyrrole nitrogens is 1. The molecular weight excluding hydrogens is 190 g/mol. The van der Waals surface area contributed by atoms with E-state index in [1.54, 1.807) is 6.20 Å². The molecule has 78 valence electrons. The molecule has 0 aliphatic carbocycles. The van der Waals surface area contributed by atoms with Crippen LogP contribution in [0.2, 0.25) is 0 Å². The monoisotopic (exact) mass is 203 g/mol. The zero-order valence-electron chi connectivity index (χ0n) is 9.03. The Labute approximate surface area is 87.7 Å². The van der Waals surface area contributed by atoms with Crippen LogP contribution >= 0.6 is 0 Å². The fourth-order valence-electron chi connectivity index (χ4n) is 1.49. The molecule has 0 bridgehead atoms. The van der Waals surface area contributed by atoms with Crippen molar-refractivity contribution in [2.75, 3.05) is 0 Å². The molecule has 4 heteroatoms. The number of nitrogens with one attached hydrogen (secondary N) is 1. The Hall–Kier alpha value is -1.71. The second-order valence-corrected chi connectivity index (χ2v) is 3.97. The van der Waals surface area contributed by atoms with E-state index in [1.165, 1.54) is 0 Å². The highest BCUT2D eigenvalue weighted by atomic mass is 16.1. The summed E-state index contributed by atoms with van der Waals surface area (Å²) in [5.41, 5.74) is 2.18. The van der Waals surface area contributed by atoms with Gasteiger partial charge < -0.3 is 4.98 Å². The standard InChI is InChI=1S/C11H13N3O/c1-6(2)8-4-9-10(14-11(8)15)13-7(3)5-12-9/h4-6H,1-3H3,(H,13,14,15). The molecule has 2 heterocycles. The van der Waals surface area contributed by atoms with Gasteiger partial charge in [-0.25, -0.2) is 0 Å². The fourth-order valence-corrected chi connectivity index (χ4v) is 1.49. The van der Waals surface area contributed by atoms with Gasteiger partial charge in [-0.3, -0.25) is 9.78 Å². The Bertz CT molecular complexity index is 516. The number of hydrogen-bond acceptors (Lipinski definition) is 3. The first-order chi connectivity index (χ1) is 7.08. The Morgan fingerprint density at radius 3 is 2.80 bits per heavy atom. The summed E-state index contributed by atoms with van der Waals surface area (Å²) in [5.74, 6) is 0.738. The lowest BCUT2D eigenvalue weighted by Gasteiger charge is -2.08. The Morgan fingerprint density at radius 1 is 1.40 bits per heavy atom. The van der Waals surface area contributed by atoms with Crippen LogP contribution in [0.1, 0.15) is 31.0 Å². The van der Waals surface area contributed by atoms with Gasteiger partial charge in [0.05, 0.1) is 0 Å². The summed E-state index contributed by atoms with van der Waals surface area (Å²) < 4.78 is 0. The molecule has 15 heavy (non-hydrogen) atoms. The first-order valence-electron chi connectivity index (χ1n) is 4.94. The molecule has 0 spiro atoms. The van der Waals surface area contributed by atoms with Gasteiger partial charge in [-0.05, 0) is 18.9 Å². The molecule has 0 radical (unpaired) electrons. The van der Waals surface area contributed by atoms with Crippen LogP contribution in [0, 0.1) is 6.92 Å². The number of aromatic nitrogens is 3. The molecule has 0 atom stereocenters. The minimum Gasteiger partial charge on any atom is -0.341 e. The molecule has 0 aromatic carbocycles. The second-order valence-electron chi connectivity index (χ2n) is 3.97. The Morgan fingerprint density at radius 2 is 2.13 bits per heavy atom. The highest BCUT2D eigenvalue weighted by molar-refractivity contribution is 5.51. The quantitative estimate of drug-likeness (QED) is 0.767. The van der Waals surface area contributed by atoms with Gasteiger partial charge in [-0.1, -0.05) is 13.8 Å². The fraction of sp³-hybridized carbons (Fsp3) is 0.364. The van der Waals surface area contributed by atoms with Crippen LogP contribution in [-0.2, 0) is 0 Å². The lowest BCUT2D eigenvalue weighted by atomic mass is 10.0. The Kier molecular flexibility index (Phi) is 2.26. The molecule has 0 fully saturated rings. The largest absolute Gasteiger partial charge is 0.341 e. The summed E-state index contributed by atoms with van der Waals surface area (Å²) in [6.07, 6.45) is 1.73. The highest BCUT2D eigenvalue weighted by Crippen LogP contribution is 2.17. The van der Waals surface area contributed by atoms with Crippen molar-refractivity contribution in [1.29, 1.82) is 0 Å². The van der Waals surface area contributed by atoms with Crippen LogP contribution in [0.5, 0.6) is 0 Å². The van der Waals surface area contributed by atoms with Crippen LogP contribution in [-0.4, -0.2) is 15.0 Å². The zero-order valence-corrected chi connectivity index (χ0v) is 9.03. The summed E-state index contributed by atoms with van der Waals surface area (Å²) in [7, 11) is 0. The maximum atomic E-state index is 11.6. The van der Waals surface area contributed by atoms with E-state index in [0.717, 1.165) is 11.4 Å². The topological polar surface area (TPSA) is 58.6 Å². The van der Waals surface area contributed by atoms with E-state index in [9.17, 15) is 4.79 Å². The summed E-state index contributed by atoms with van der Waals surface area (Å²) >= 11 is 0. The van der Waals surface area contributed by atoms with E-state index in [2.05, 4.69) is 15.0 Å². The van der Waals surface area contributed by atoms with Gasteiger partial charge in [0.1, 0.15) is 5.69 Å². The van der Waals surface area contributed by atoms with Crippen LogP contribution in [0.15, 0.2) is 17.1 Å². The number of aromatic amines is 1. The summed E-state index contributed by atoms with van der Waals surface area (Å²) in [5, 5.41) is 0. The van der Waals surface area contributed by atoms with Gasteiger partial charge in [0.2, 0.25) is 0 Å². The molecule has 2 aliphatic rings. The van der Waals surface area contributed by atoms with Crippen molar-refractivity contribution in [3.63, 3.8) is 0 Å². The van der Waals surface area contributed by atoms with Crippen molar-refractivity contribution in [1.82, 2.24) is 15.0 Å². The molecule has 0 amide bonds. The Balaban J connectivity index is 2.73. The van der Waals surface area contributed by atoms with E-state index in [-0.39, 0.29) is 11.5 Å². The van der Waals surface area contributed by atoms with Crippen molar-refractivity contribution in [2.45, 2.75) is 26.7 Å². The number of pyridine rings is 1. The van der Waals surface area contributed by atoms with Gasteiger partial charge in [-0.2, -0.15) is 4.98 Å². The summed E-state index contributed by atoms with van der Waals surface area (Å²) in [4.78, 5) is 22.9. The third-order valence-electron chi connectivity index (χ3n) is 2.33. The second kappa shape index (κ2) is 3.46. The average molecular weight is 203 g/mol. The predicted molar refractivity (Wildman–Crippen MR) is 58.1 cm³/mol. The number of fused-ring (bicyclic) bond motifs is 1. The van der Waals surface area contributed by atoms with Crippen LogP contribution in [0.4, 0.5) is 0 Å². The van der Waals surface area contributed by atoms with Crippen LogP contribution in [0.3, 0.4) is 0 Å². The van der Waals surface area contributed by atoms with Crippen molar-refractivity contribution in [3.05, 3.63) is 33.9 Å². The van der Waals surface area contributed by atoms with E-state index >= 15 is 0 Å². The third-order valence-corrected chi connectivity index (χ3v) is 2.33. The van der Waals surface area contributed by atoms with Gasteiger partial charge >= 0.3 is 0 Å². The molecule has 2 aliphatic heterocycles. The highest BCUT2D eigenvalue weighted by Gasteiger charge is 2.12. The van der Waals surface area contributed by atoms with E-state index in [1.807, 2.05) is 26.8 Å². The first kappa shape index (κ1) is 9.83. The van der Waals surface area contributed by atoms with Gasteiger partial charge in [0, 0.05) is 17.5 Å². The average Bonchev–Trinajstić information content (AvgIpc) is 2.15. The maximum Gasteiger partial charge on any atom is 0.275 e. The summed E-state index contributed by atoms with van der Waals surface area (Å²) in [6, 6.07) is 1.81. The minimum absolute atomic E-state index is 0.166. The van der Waals surface area contributed by atoms with Crippen LogP contribution < -0.4 is 5.56 Å². The van der Waals surface area contributed by atoms with E-state index in [4.69, 9.17) is 0 Å². The maximum absolute atomic E-state index is 11.6. The predicted octanol–water partition coefficient (Wildman–Crippen LogP) is 1.70. The van der Waals surface area contributed by atoms with Gasteiger partial charge in [0.15, 0.2) is 5.82 Å². The van der Waals surface area contributed by atoms with E-state index < -0.39 is 0 Å². The molecule has 2 rings (SSSR count). The lowest BCUT2D eigenvalue weighted by Crippen LogP contribution is -2.16. The zero-order chi connectivity index (χ0) is 11.0. The number of nitrogens with zero attached hydrogens (tertiary/aromatic N) is 2. The third kappa shape index (κ3) is 1.75. The van der Waals surface area contributed by atoms with Crippen molar-refractivity contribution < 1.29 is 0 Å². The molecule has 4 nitrogen and oxygen atoms in total. The molecule has 0 saturated carbocycles. The number of rotatable bonds is 1. The minimum atomic E-state index is -0.166. The smallest absolute Gasteiger partial charge is 0.275 e. The lowest BCUT2D eigenvalue weighted by molar-refractivity contribution is 0.838. The van der Waals surface area contributed by atoms with Crippen molar-refractivity contribution >= 4 is 0 Å². The van der Waals surface area contributed by atoms with Crippen LogP contribution in [0.25, 0.3) is 11.5 Å². The van der Waals surface area contributed by atoms with Gasteiger partial charge in [0.25, 0.3) is 5.56 Å². The molecule has 0 saturated heterocycles. The molecule has 0 aromatic rings. The van der Waals surface area contributed by atoms with Crippen molar-refractivity contribution in [3.8, 4) is 11.5 Å². The SMILES string of the molecule is Cc1cnc2cc(C(C)C)c(=O)nc-2[nH]1. The number of hydrogen-bond donors (Lipinski definition) is 1.